The summed E-state index contributed by atoms with van der Waals surface area (Å²) < 4.78 is 0. The predicted octanol–water partition coefficient (Wildman–Crippen LogP) is 4.36. The van der Waals surface area contributed by atoms with Gasteiger partial charge < -0.3 is 0 Å². The molecule has 0 aromatic carbocycles. The van der Waals surface area contributed by atoms with Crippen LogP contribution in [0.4, 0.5) is 0 Å². The lowest BCUT2D eigenvalue weighted by molar-refractivity contribution is 0.483. The van der Waals surface area contributed by atoms with Gasteiger partial charge in [-0.3, -0.25) is 4.98 Å². The van der Waals surface area contributed by atoms with E-state index in [-0.39, 0.29) is 7.30 Å². The Labute approximate surface area is 99.2 Å². The van der Waals surface area contributed by atoms with E-state index in [0.29, 0.717) is 0 Å². The lowest BCUT2D eigenvalue weighted by Crippen LogP contribution is -2.16. The summed E-state index contributed by atoms with van der Waals surface area (Å²) in [5.74, 6) is 0.818. The highest BCUT2D eigenvalue weighted by Crippen LogP contribution is 2.76. The van der Waals surface area contributed by atoms with Gasteiger partial charge in [0.05, 0.1) is 0 Å². The van der Waals surface area contributed by atoms with Gasteiger partial charge in [0.15, 0.2) is 0 Å². The van der Waals surface area contributed by atoms with Crippen LogP contribution < -0.4 is 0 Å². The van der Waals surface area contributed by atoms with Crippen LogP contribution in [0, 0.1) is 5.92 Å². The minimum atomic E-state index is 0.0449. The summed E-state index contributed by atoms with van der Waals surface area (Å²) >= 11 is 0. The molecule has 15 heavy (non-hydrogen) atoms. The predicted molar refractivity (Wildman–Crippen MR) is 79.1 cm³/mol. The van der Waals surface area contributed by atoms with Crippen LogP contribution in [0.3, 0.4) is 0 Å². The molecule has 1 aromatic rings. The number of pyridine rings is 1. The summed E-state index contributed by atoms with van der Waals surface area (Å²) in [7, 11) is 7.01. The summed E-state index contributed by atoms with van der Waals surface area (Å²) in [5, 5.41) is 0. The highest BCUT2D eigenvalue weighted by molar-refractivity contribution is 8.61. The molecule has 6 atom stereocenters. The third-order valence-corrected chi connectivity index (χ3v) is 14.2. The molecular weight excluding hydrogens is 258 g/mol. The van der Waals surface area contributed by atoms with E-state index >= 15 is 0 Å². The van der Waals surface area contributed by atoms with Gasteiger partial charge in [-0.1, -0.05) is 28.2 Å². The highest BCUT2D eigenvalue weighted by Gasteiger charge is 2.30. The van der Waals surface area contributed by atoms with Gasteiger partial charge in [0.25, 0.3) is 0 Å². The van der Waals surface area contributed by atoms with Crippen LogP contribution in [0.5, 0.6) is 0 Å². The number of fused-ring (bicyclic) bond motifs is 1. The summed E-state index contributed by atoms with van der Waals surface area (Å²) in [6.07, 6.45) is 4.40. The van der Waals surface area contributed by atoms with E-state index in [1.165, 1.54) is 24.1 Å². The normalized spacial score (nSPS) is 27.9. The van der Waals surface area contributed by atoms with Crippen molar-refractivity contribution in [2.45, 2.75) is 25.4 Å². The second-order valence-corrected chi connectivity index (χ2v) is 13.5. The SMILES string of the molecule is C[C@H]1CCc2ncccc2[C@H]1P(P)PP. The van der Waals surface area contributed by atoms with E-state index in [2.05, 4.69) is 41.9 Å². The van der Waals surface area contributed by atoms with Crippen molar-refractivity contribution in [3.63, 3.8) is 0 Å². The van der Waals surface area contributed by atoms with Gasteiger partial charge in [-0.05, 0) is 30.4 Å². The standard InChI is InChI=1S/C10H17NP4/c1-7-4-5-9-8(3-2-6-11-9)10(7)15(13)14-12/h2-3,6-7,10,14H,4-5,12-13H2,1H3/t7-,10-,15?/m0/s1. The molecule has 0 amide bonds. The largest absolute Gasteiger partial charge is 0.261 e. The summed E-state index contributed by atoms with van der Waals surface area (Å²) in [4.78, 5) is 4.52. The van der Waals surface area contributed by atoms with Gasteiger partial charge in [-0.15, -0.1) is 17.9 Å². The zero-order valence-electron chi connectivity index (χ0n) is 8.85. The van der Waals surface area contributed by atoms with E-state index in [4.69, 9.17) is 0 Å². The van der Waals surface area contributed by atoms with Crippen molar-refractivity contribution in [2.24, 2.45) is 5.92 Å². The molecule has 5 heteroatoms. The summed E-state index contributed by atoms with van der Waals surface area (Å²) in [6.45, 7) is 2.39. The van der Waals surface area contributed by atoms with E-state index in [1.807, 2.05) is 6.20 Å². The molecule has 0 N–H and O–H groups in total. The minimum Gasteiger partial charge on any atom is -0.261 e. The molecule has 0 radical (unpaired) electrons. The Bertz CT molecular complexity index is 344. The second-order valence-electron chi connectivity index (χ2n) is 4.04. The number of hydrogen-bond acceptors (Lipinski definition) is 1. The van der Waals surface area contributed by atoms with Gasteiger partial charge in [-0.2, -0.15) is 0 Å². The molecule has 4 unspecified atom stereocenters. The van der Waals surface area contributed by atoms with Crippen LogP contribution in [0.1, 0.15) is 30.3 Å². The topological polar surface area (TPSA) is 12.9 Å². The van der Waals surface area contributed by atoms with Crippen LogP contribution in [-0.2, 0) is 6.42 Å². The van der Waals surface area contributed by atoms with Crippen molar-refractivity contribution >= 4 is 33.1 Å². The fourth-order valence-electron chi connectivity index (χ4n) is 2.26. The average Bonchev–Trinajstić information content (AvgIpc) is 2.28. The quantitative estimate of drug-likeness (QED) is 0.731. The van der Waals surface area contributed by atoms with Crippen LogP contribution in [0.2, 0.25) is 0 Å². The molecule has 0 spiro atoms. The first-order chi connectivity index (χ1) is 7.24. The van der Waals surface area contributed by atoms with Gasteiger partial charge in [0.1, 0.15) is 0 Å². The zero-order chi connectivity index (χ0) is 10.8. The Morgan fingerprint density at radius 1 is 1.60 bits per heavy atom. The Hall–Kier alpha value is 0.870. The molecule has 0 saturated carbocycles. The number of nitrogens with zero attached hydrogens (tertiary/aromatic N) is 1. The van der Waals surface area contributed by atoms with Crippen molar-refractivity contribution in [3.05, 3.63) is 29.6 Å². The molecule has 0 bridgehead atoms. The summed E-state index contributed by atoms with van der Waals surface area (Å²) in [6, 6.07) is 4.37. The van der Waals surface area contributed by atoms with Crippen LogP contribution in [0.15, 0.2) is 18.3 Å². The number of rotatable bonds is 2. The first kappa shape index (κ1) is 12.3. The van der Waals surface area contributed by atoms with Crippen molar-refractivity contribution in [1.29, 1.82) is 0 Å². The first-order valence-corrected chi connectivity index (χ1v) is 11.9. The molecule has 82 valence electrons. The summed E-state index contributed by atoms with van der Waals surface area (Å²) in [5.41, 5.74) is 3.62. The molecule has 0 fully saturated rings. The van der Waals surface area contributed by atoms with Crippen molar-refractivity contribution in [1.82, 2.24) is 4.98 Å². The maximum Gasteiger partial charge on any atom is 0.0442 e. The Kier molecular flexibility index (Phi) is 4.50. The van der Waals surface area contributed by atoms with E-state index in [0.717, 1.165) is 19.5 Å². The van der Waals surface area contributed by atoms with Crippen LogP contribution >= 0.6 is 33.1 Å². The van der Waals surface area contributed by atoms with Gasteiger partial charge >= 0.3 is 0 Å². The highest BCUT2D eigenvalue weighted by atomic mass is 32.6. The second kappa shape index (κ2) is 5.47. The lowest BCUT2D eigenvalue weighted by atomic mass is 9.87. The fourth-order valence-corrected chi connectivity index (χ4v) is 8.13. The molecule has 1 aliphatic rings. The Balaban J connectivity index is 2.37. The molecule has 0 aliphatic heterocycles. The molecule has 1 nitrogen and oxygen atoms in total. The molecule has 1 heterocycles. The Morgan fingerprint density at radius 3 is 3.13 bits per heavy atom. The zero-order valence-corrected chi connectivity index (χ0v) is 13.1. The maximum absolute atomic E-state index is 4.52. The molecule has 0 saturated heterocycles. The van der Waals surface area contributed by atoms with Crippen molar-refractivity contribution in [2.75, 3.05) is 0 Å². The third-order valence-electron chi connectivity index (χ3n) is 3.07. The number of aryl methyl sites for hydroxylation is 1. The fraction of sp³-hybridized carbons (Fsp3) is 0.500. The van der Waals surface area contributed by atoms with Crippen LogP contribution in [-0.4, -0.2) is 4.98 Å². The van der Waals surface area contributed by atoms with Gasteiger partial charge in [0.2, 0.25) is 0 Å². The van der Waals surface area contributed by atoms with Crippen molar-refractivity contribution in [3.8, 4) is 0 Å². The van der Waals surface area contributed by atoms with Crippen LogP contribution in [0.25, 0.3) is 0 Å². The maximum atomic E-state index is 4.52. The molecule has 1 aliphatic carbocycles. The number of hydrogen-bond donors (Lipinski definition) is 0. The molecule has 1 aromatic heterocycles. The van der Waals surface area contributed by atoms with E-state index < -0.39 is 0 Å². The number of aromatic nitrogens is 1. The van der Waals surface area contributed by atoms with E-state index in [9.17, 15) is 0 Å². The minimum absolute atomic E-state index is 0.0449. The molecule has 2 rings (SSSR count). The third kappa shape index (κ3) is 2.58. The Morgan fingerprint density at radius 2 is 2.40 bits per heavy atom. The monoisotopic (exact) mass is 275 g/mol. The average molecular weight is 275 g/mol. The van der Waals surface area contributed by atoms with Gasteiger partial charge in [-0.25, -0.2) is 0 Å². The van der Waals surface area contributed by atoms with E-state index in [1.54, 1.807) is 0 Å². The smallest absolute Gasteiger partial charge is 0.0442 e. The first-order valence-electron chi connectivity index (χ1n) is 5.18. The molecular formula is C10H17NP4. The van der Waals surface area contributed by atoms with Crippen molar-refractivity contribution < 1.29 is 0 Å². The van der Waals surface area contributed by atoms with Gasteiger partial charge in [0, 0.05) is 17.5 Å². The lowest BCUT2D eigenvalue weighted by Gasteiger charge is -2.34.